The molecule has 100 valence electrons. The van der Waals surface area contributed by atoms with Gasteiger partial charge in [0.2, 0.25) is 0 Å². The Morgan fingerprint density at radius 1 is 1.21 bits per heavy atom. The largest absolute Gasteiger partial charge is 0.396 e. The Labute approximate surface area is 115 Å². The maximum Gasteiger partial charge on any atom is 0.165 e. The second-order valence-corrected chi connectivity index (χ2v) is 6.08. The van der Waals surface area contributed by atoms with E-state index in [0.29, 0.717) is 41.1 Å². The normalized spacial score (nSPS) is 33.4. The Bertz CT molecular complexity index is 628. The number of rotatable bonds is 2. The van der Waals surface area contributed by atoms with Crippen molar-refractivity contribution in [1.29, 1.82) is 0 Å². The molecule has 2 bridgehead atoms. The maximum absolute atomic E-state index is 9.36. The molecule has 2 aliphatic rings. The van der Waals surface area contributed by atoms with Crippen molar-refractivity contribution in [3.63, 3.8) is 0 Å². The van der Waals surface area contributed by atoms with Gasteiger partial charge in [0.15, 0.2) is 10.8 Å². The van der Waals surface area contributed by atoms with Gasteiger partial charge in [-0.2, -0.15) is 0 Å². The molecule has 2 fully saturated rings. The first-order chi connectivity index (χ1) is 9.28. The molecule has 1 N–H and O–H groups in total. The standard InChI is InChI=1S/C13H15ClN4O/c14-12-11-13(16-5-15-12)18(6-17-11)10-3-7-1-8(10)2-9(7)4-19/h5-10,19H,1-4H2. The number of hydrogen-bond acceptors (Lipinski definition) is 4. The van der Waals surface area contributed by atoms with Crippen molar-refractivity contribution in [2.45, 2.75) is 25.3 Å². The molecule has 19 heavy (non-hydrogen) atoms. The lowest BCUT2D eigenvalue weighted by molar-refractivity contribution is 0.158. The van der Waals surface area contributed by atoms with Gasteiger partial charge in [0.05, 0.1) is 6.33 Å². The van der Waals surface area contributed by atoms with E-state index in [1.54, 1.807) is 0 Å². The molecule has 2 heterocycles. The van der Waals surface area contributed by atoms with Crippen LogP contribution in [-0.2, 0) is 0 Å². The Hall–Kier alpha value is -1.20. The molecule has 5 nitrogen and oxygen atoms in total. The monoisotopic (exact) mass is 278 g/mol. The van der Waals surface area contributed by atoms with Crippen molar-refractivity contribution >= 4 is 22.8 Å². The zero-order valence-electron chi connectivity index (χ0n) is 10.4. The summed E-state index contributed by atoms with van der Waals surface area (Å²) in [4.78, 5) is 12.6. The van der Waals surface area contributed by atoms with Crippen LogP contribution in [0.3, 0.4) is 0 Å². The molecule has 0 amide bonds. The molecule has 0 saturated heterocycles. The third-order valence-corrected chi connectivity index (χ3v) is 5.15. The Balaban J connectivity index is 1.72. The predicted molar refractivity (Wildman–Crippen MR) is 70.8 cm³/mol. The van der Waals surface area contributed by atoms with E-state index in [4.69, 9.17) is 11.6 Å². The summed E-state index contributed by atoms with van der Waals surface area (Å²) in [6.07, 6.45) is 6.78. The lowest BCUT2D eigenvalue weighted by Crippen LogP contribution is -2.22. The highest BCUT2D eigenvalue weighted by atomic mass is 35.5. The predicted octanol–water partition coefficient (Wildman–Crippen LogP) is 2.06. The van der Waals surface area contributed by atoms with E-state index in [1.807, 2.05) is 6.33 Å². The van der Waals surface area contributed by atoms with Crippen molar-refractivity contribution in [1.82, 2.24) is 19.5 Å². The van der Waals surface area contributed by atoms with Gasteiger partial charge < -0.3 is 9.67 Å². The van der Waals surface area contributed by atoms with E-state index in [0.717, 1.165) is 18.5 Å². The highest BCUT2D eigenvalue weighted by Crippen LogP contribution is 2.54. The van der Waals surface area contributed by atoms with E-state index in [-0.39, 0.29) is 0 Å². The molecule has 6 heteroatoms. The molecule has 4 unspecified atom stereocenters. The van der Waals surface area contributed by atoms with Crippen LogP contribution in [-0.4, -0.2) is 31.2 Å². The van der Waals surface area contributed by atoms with Gasteiger partial charge in [0.1, 0.15) is 11.8 Å². The Morgan fingerprint density at radius 2 is 2.11 bits per heavy atom. The van der Waals surface area contributed by atoms with Crippen LogP contribution < -0.4 is 0 Å². The van der Waals surface area contributed by atoms with Gasteiger partial charge in [-0.15, -0.1) is 0 Å². The fourth-order valence-electron chi connectivity index (χ4n) is 3.99. The van der Waals surface area contributed by atoms with Crippen LogP contribution in [0.4, 0.5) is 0 Å². The highest BCUT2D eigenvalue weighted by molar-refractivity contribution is 6.33. The van der Waals surface area contributed by atoms with Crippen LogP contribution in [0.2, 0.25) is 5.15 Å². The van der Waals surface area contributed by atoms with E-state index in [1.165, 1.54) is 12.7 Å². The third-order valence-electron chi connectivity index (χ3n) is 4.87. The zero-order valence-corrected chi connectivity index (χ0v) is 11.2. The molecule has 2 aliphatic carbocycles. The molecule has 2 aromatic rings. The van der Waals surface area contributed by atoms with Crippen LogP contribution in [0.15, 0.2) is 12.7 Å². The molecule has 4 atom stereocenters. The minimum atomic E-state index is 0.326. The molecular weight excluding hydrogens is 264 g/mol. The van der Waals surface area contributed by atoms with Gasteiger partial charge in [-0.1, -0.05) is 11.6 Å². The molecular formula is C13H15ClN4O. The van der Waals surface area contributed by atoms with Crippen LogP contribution >= 0.6 is 11.6 Å². The lowest BCUT2D eigenvalue weighted by atomic mass is 9.86. The van der Waals surface area contributed by atoms with Gasteiger partial charge in [-0.25, -0.2) is 15.0 Å². The maximum atomic E-state index is 9.36. The van der Waals surface area contributed by atoms with Crippen molar-refractivity contribution < 1.29 is 5.11 Å². The van der Waals surface area contributed by atoms with E-state index >= 15 is 0 Å². The fraction of sp³-hybridized carbons (Fsp3) is 0.615. The van der Waals surface area contributed by atoms with Gasteiger partial charge in [0, 0.05) is 12.6 Å². The summed E-state index contributed by atoms with van der Waals surface area (Å²) >= 11 is 6.04. The molecule has 2 saturated carbocycles. The first-order valence-corrected chi connectivity index (χ1v) is 7.09. The quantitative estimate of drug-likeness (QED) is 0.854. The summed E-state index contributed by atoms with van der Waals surface area (Å²) in [5, 5.41) is 9.77. The smallest absolute Gasteiger partial charge is 0.165 e. The Kier molecular flexibility index (Phi) is 2.53. The third kappa shape index (κ3) is 1.61. The summed E-state index contributed by atoms with van der Waals surface area (Å²) in [7, 11) is 0. The van der Waals surface area contributed by atoms with E-state index in [9.17, 15) is 5.11 Å². The van der Waals surface area contributed by atoms with Gasteiger partial charge in [-0.3, -0.25) is 0 Å². The second kappa shape index (κ2) is 4.15. The van der Waals surface area contributed by atoms with Gasteiger partial charge in [-0.05, 0) is 37.0 Å². The summed E-state index contributed by atoms with van der Waals surface area (Å²) in [5.74, 6) is 1.78. The summed E-state index contributed by atoms with van der Waals surface area (Å²) in [5.41, 5.74) is 1.52. The molecule has 2 aromatic heterocycles. The number of aliphatic hydroxyl groups excluding tert-OH is 1. The first-order valence-electron chi connectivity index (χ1n) is 6.72. The topological polar surface area (TPSA) is 63.8 Å². The second-order valence-electron chi connectivity index (χ2n) is 5.73. The number of aliphatic hydroxyl groups is 1. The zero-order chi connectivity index (χ0) is 13.0. The number of fused-ring (bicyclic) bond motifs is 3. The van der Waals surface area contributed by atoms with Gasteiger partial charge >= 0.3 is 0 Å². The molecule has 0 aromatic carbocycles. The van der Waals surface area contributed by atoms with Gasteiger partial charge in [0.25, 0.3) is 0 Å². The summed E-state index contributed by atoms with van der Waals surface area (Å²) in [6, 6.07) is 0.448. The highest BCUT2D eigenvalue weighted by Gasteiger charge is 2.46. The van der Waals surface area contributed by atoms with Crippen LogP contribution in [0.1, 0.15) is 25.3 Å². The average molecular weight is 279 g/mol. The molecule has 0 spiro atoms. The number of nitrogens with zero attached hydrogens (tertiary/aromatic N) is 4. The summed E-state index contributed by atoms with van der Waals surface area (Å²) in [6.45, 7) is 0.326. The number of aromatic nitrogens is 4. The first kappa shape index (κ1) is 11.6. The molecule has 0 aliphatic heterocycles. The SMILES string of the molecule is OCC1CC2CC1CC2n1cnc2c(Cl)ncnc21. The van der Waals surface area contributed by atoms with Crippen LogP contribution in [0.25, 0.3) is 11.2 Å². The fourth-order valence-corrected chi connectivity index (χ4v) is 4.17. The lowest BCUT2D eigenvalue weighted by Gasteiger charge is -2.27. The molecule has 4 rings (SSSR count). The minimum absolute atomic E-state index is 0.326. The summed E-state index contributed by atoms with van der Waals surface area (Å²) < 4.78 is 2.15. The van der Waals surface area contributed by atoms with Crippen molar-refractivity contribution in [2.24, 2.45) is 17.8 Å². The number of imidazole rings is 1. The average Bonchev–Trinajstić information content (AvgIpc) is 3.11. The van der Waals surface area contributed by atoms with E-state index in [2.05, 4.69) is 19.5 Å². The molecule has 0 radical (unpaired) electrons. The van der Waals surface area contributed by atoms with Crippen molar-refractivity contribution in [2.75, 3.05) is 6.61 Å². The van der Waals surface area contributed by atoms with Crippen LogP contribution in [0, 0.1) is 17.8 Å². The number of halogens is 1. The van der Waals surface area contributed by atoms with Crippen molar-refractivity contribution in [3.05, 3.63) is 17.8 Å². The minimum Gasteiger partial charge on any atom is -0.396 e. The number of hydrogen-bond donors (Lipinski definition) is 1. The van der Waals surface area contributed by atoms with Crippen LogP contribution in [0.5, 0.6) is 0 Å². The Morgan fingerprint density at radius 3 is 2.84 bits per heavy atom. The van der Waals surface area contributed by atoms with E-state index < -0.39 is 0 Å². The van der Waals surface area contributed by atoms with Crippen molar-refractivity contribution in [3.8, 4) is 0 Å².